The zero-order valence-electron chi connectivity index (χ0n) is 9.91. The van der Waals surface area contributed by atoms with Gasteiger partial charge in [0.15, 0.2) is 0 Å². The monoisotopic (exact) mass is 208 g/mol. The van der Waals surface area contributed by atoms with E-state index >= 15 is 0 Å². The molecule has 3 aliphatic rings. The normalized spacial score (nSPS) is 41.0. The van der Waals surface area contributed by atoms with E-state index in [4.69, 9.17) is 0 Å². The van der Waals surface area contributed by atoms with Crippen molar-refractivity contribution in [2.45, 2.75) is 63.6 Å². The summed E-state index contributed by atoms with van der Waals surface area (Å²) in [5.41, 5.74) is 0. The minimum atomic E-state index is 0.820. The second-order valence-corrected chi connectivity index (χ2v) is 5.77. The molecule has 15 heavy (non-hydrogen) atoms. The van der Waals surface area contributed by atoms with Crippen LogP contribution in [0.25, 0.3) is 0 Å². The van der Waals surface area contributed by atoms with Crippen LogP contribution in [-0.4, -0.2) is 36.1 Å². The third kappa shape index (κ3) is 2.36. The van der Waals surface area contributed by atoms with Crippen LogP contribution < -0.4 is 5.32 Å². The van der Waals surface area contributed by atoms with Crippen molar-refractivity contribution in [1.29, 1.82) is 0 Å². The van der Waals surface area contributed by atoms with Gasteiger partial charge in [0.25, 0.3) is 0 Å². The van der Waals surface area contributed by atoms with Gasteiger partial charge in [-0.05, 0) is 38.0 Å². The molecule has 0 aromatic heterocycles. The maximum absolute atomic E-state index is 3.77. The van der Waals surface area contributed by atoms with Gasteiger partial charge in [-0.25, -0.2) is 0 Å². The largest absolute Gasteiger partial charge is 0.310 e. The summed E-state index contributed by atoms with van der Waals surface area (Å²) in [6.07, 6.45) is 8.58. The Morgan fingerprint density at radius 1 is 1.20 bits per heavy atom. The highest BCUT2D eigenvalue weighted by Crippen LogP contribution is 2.40. The molecule has 3 rings (SSSR count). The quantitative estimate of drug-likeness (QED) is 0.743. The molecule has 2 saturated carbocycles. The Balaban J connectivity index is 1.41. The summed E-state index contributed by atoms with van der Waals surface area (Å²) >= 11 is 0. The molecule has 86 valence electrons. The topological polar surface area (TPSA) is 15.3 Å². The lowest BCUT2D eigenvalue weighted by Crippen LogP contribution is -2.34. The zero-order valence-corrected chi connectivity index (χ0v) is 9.91. The summed E-state index contributed by atoms with van der Waals surface area (Å²) in [6.45, 7) is 5.01. The second kappa shape index (κ2) is 4.06. The van der Waals surface area contributed by atoms with E-state index in [1.165, 1.54) is 51.6 Å². The van der Waals surface area contributed by atoms with E-state index in [2.05, 4.69) is 17.1 Å². The van der Waals surface area contributed by atoms with Crippen LogP contribution in [0, 0.1) is 5.92 Å². The lowest BCUT2D eigenvalue weighted by atomic mass is 10.2. The Morgan fingerprint density at radius 2 is 2.07 bits per heavy atom. The first-order valence-electron chi connectivity index (χ1n) is 6.87. The third-order valence-electron chi connectivity index (χ3n) is 4.28. The summed E-state index contributed by atoms with van der Waals surface area (Å²) in [5.74, 6) is 1.05. The molecule has 2 aliphatic carbocycles. The van der Waals surface area contributed by atoms with Crippen molar-refractivity contribution in [3.8, 4) is 0 Å². The molecule has 0 spiro atoms. The molecule has 1 aliphatic heterocycles. The van der Waals surface area contributed by atoms with E-state index < -0.39 is 0 Å². The third-order valence-corrected chi connectivity index (χ3v) is 4.28. The molecule has 2 nitrogen and oxygen atoms in total. The van der Waals surface area contributed by atoms with Crippen molar-refractivity contribution in [3.05, 3.63) is 0 Å². The van der Waals surface area contributed by atoms with E-state index in [0.29, 0.717) is 0 Å². The van der Waals surface area contributed by atoms with Gasteiger partial charge in [0.05, 0.1) is 0 Å². The van der Waals surface area contributed by atoms with Crippen LogP contribution in [0.3, 0.4) is 0 Å². The minimum absolute atomic E-state index is 0.820. The van der Waals surface area contributed by atoms with Crippen molar-refractivity contribution in [3.63, 3.8) is 0 Å². The molecular formula is C13H24N2. The Kier molecular flexibility index (Phi) is 2.73. The lowest BCUT2D eigenvalue weighted by Gasteiger charge is -2.16. The van der Waals surface area contributed by atoms with Crippen molar-refractivity contribution in [2.24, 2.45) is 5.92 Å². The van der Waals surface area contributed by atoms with Gasteiger partial charge in [-0.1, -0.05) is 13.3 Å². The zero-order chi connectivity index (χ0) is 10.3. The Hall–Kier alpha value is -0.0800. The van der Waals surface area contributed by atoms with Crippen LogP contribution >= 0.6 is 0 Å². The predicted molar refractivity (Wildman–Crippen MR) is 62.9 cm³/mol. The molecule has 2 heteroatoms. The summed E-state index contributed by atoms with van der Waals surface area (Å²) in [7, 11) is 0. The maximum Gasteiger partial charge on any atom is 0.0209 e. The standard InChI is InChI=1S/C13H24N2/c1-2-3-10-8-13(10)15-7-6-12(9-15)14-11-4-5-11/h10-14H,2-9H2,1H3. The van der Waals surface area contributed by atoms with Crippen LogP contribution in [0.15, 0.2) is 0 Å². The molecular weight excluding hydrogens is 184 g/mol. The summed E-state index contributed by atoms with van der Waals surface area (Å²) in [6, 6.07) is 2.68. The van der Waals surface area contributed by atoms with E-state index in [1.807, 2.05) is 0 Å². The van der Waals surface area contributed by atoms with Gasteiger partial charge in [-0.2, -0.15) is 0 Å². The fourth-order valence-corrected chi connectivity index (χ4v) is 3.17. The predicted octanol–water partition coefficient (Wildman–Crippen LogP) is 2.00. The number of hydrogen-bond acceptors (Lipinski definition) is 2. The summed E-state index contributed by atoms with van der Waals surface area (Å²) in [4.78, 5) is 2.75. The highest BCUT2D eigenvalue weighted by molar-refractivity contribution is 4.99. The van der Waals surface area contributed by atoms with Crippen molar-refractivity contribution in [1.82, 2.24) is 10.2 Å². The van der Waals surface area contributed by atoms with Gasteiger partial charge in [0.1, 0.15) is 0 Å². The van der Waals surface area contributed by atoms with E-state index in [1.54, 1.807) is 0 Å². The van der Waals surface area contributed by atoms with E-state index in [-0.39, 0.29) is 0 Å². The second-order valence-electron chi connectivity index (χ2n) is 5.77. The Morgan fingerprint density at radius 3 is 2.80 bits per heavy atom. The Labute approximate surface area is 93.4 Å². The first-order valence-corrected chi connectivity index (χ1v) is 6.87. The fourth-order valence-electron chi connectivity index (χ4n) is 3.17. The molecule has 3 fully saturated rings. The first kappa shape index (κ1) is 10.1. The van der Waals surface area contributed by atoms with Gasteiger partial charge in [-0.3, -0.25) is 4.90 Å². The molecule has 1 saturated heterocycles. The highest BCUT2D eigenvalue weighted by Gasteiger charge is 2.43. The van der Waals surface area contributed by atoms with Crippen molar-refractivity contribution in [2.75, 3.05) is 13.1 Å². The molecule has 0 amide bonds. The SMILES string of the molecule is CCCC1CC1N1CCC(NC2CC2)C1. The molecule has 3 atom stereocenters. The van der Waals surface area contributed by atoms with Crippen LogP contribution in [0.1, 0.15) is 45.4 Å². The first-order chi connectivity index (χ1) is 7.36. The number of hydrogen-bond donors (Lipinski definition) is 1. The van der Waals surface area contributed by atoms with Crippen LogP contribution in [0.5, 0.6) is 0 Å². The number of rotatable bonds is 5. The van der Waals surface area contributed by atoms with Gasteiger partial charge in [-0.15, -0.1) is 0 Å². The Bertz CT molecular complexity index is 225. The average molecular weight is 208 g/mol. The van der Waals surface area contributed by atoms with Gasteiger partial charge < -0.3 is 5.32 Å². The molecule has 0 aromatic carbocycles. The number of nitrogens with one attached hydrogen (secondary N) is 1. The average Bonchev–Trinajstić information content (AvgIpc) is 3.10. The summed E-state index contributed by atoms with van der Waals surface area (Å²) in [5, 5.41) is 3.77. The van der Waals surface area contributed by atoms with Crippen LogP contribution in [-0.2, 0) is 0 Å². The smallest absolute Gasteiger partial charge is 0.0209 e. The maximum atomic E-state index is 3.77. The van der Waals surface area contributed by atoms with Gasteiger partial charge in [0.2, 0.25) is 0 Å². The fraction of sp³-hybridized carbons (Fsp3) is 1.00. The molecule has 0 radical (unpaired) electrons. The number of nitrogens with zero attached hydrogens (tertiary/aromatic N) is 1. The molecule has 1 N–H and O–H groups in total. The lowest BCUT2D eigenvalue weighted by molar-refractivity contribution is 0.299. The van der Waals surface area contributed by atoms with E-state index in [9.17, 15) is 0 Å². The highest BCUT2D eigenvalue weighted by atomic mass is 15.2. The van der Waals surface area contributed by atoms with Crippen molar-refractivity contribution >= 4 is 0 Å². The van der Waals surface area contributed by atoms with Crippen LogP contribution in [0.2, 0.25) is 0 Å². The minimum Gasteiger partial charge on any atom is -0.310 e. The molecule has 3 unspecified atom stereocenters. The van der Waals surface area contributed by atoms with Crippen molar-refractivity contribution < 1.29 is 0 Å². The van der Waals surface area contributed by atoms with Crippen LogP contribution in [0.4, 0.5) is 0 Å². The molecule has 0 aromatic rings. The van der Waals surface area contributed by atoms with Gasteiger partial charge in [0, 0.05) is 31.2 Å². The molecule has 1 heterocycles. The number of likely N-dealkylation sites (tertiary alicyclic amines) is 1. The summed E-state index contributed by atoms with van der Waals surface area (Å²) < 4.78 is 0. The van der Waals surface area contributed by atoms with E-state index in [0.717, 1.165) is 24.0 Å². The molecule has 0 bridgehead atoms. The van der Waals surface area contributed by atoms with Gasteiger partial charge >= 0.3 is 0 Å².